The molecule has 0 aromatic rings. The fraction of sp³-hybridized carbons (Fsp3) is 1.00. The molecule has 0 aliphatic rings. The Kier molecular flexibility index (Phi) is 7.13. The Hall–Kier alpha value is -0.130. The number of aliphatic hydroxyl groups is 1. The van der Waals surface area contributed by atoms with Gasteiger partial charge in [-0.05, 0) is 18.9 Å². The summed E-state index contributed by atoms with van der Waals surface area (Å²) in [4.78, 5) is 0. The van der Waals surface area contributed by atoms with E-state index in [1.165, 1.54) is 0 Å². The quantitative estimate of drug-likeness (QED) is 0.642. The normalized spacial score (nSPS) is 14.5. The minimum Gasteiger partial charge on any atom is -0.391 e. The summed E-state index contributed by atoms with van der Waals surface area (Å²) in [6, 6.07) is 0. The van der Waals surface area contributed by atoms with Crippen molar-refractivity contribution in [2.75, 3.05) is 24.6 Å². The summed E-state index contributed by atoms with van der Waals surface area (Å²) >= 11 is 0. The molecule has 2 N–H and O–H groups in total. The van der Waals surface area contributed by atoms with Crippen molar-refractivity contribution in [1.29, 1.82) is 0 Å². The van der Waals surface area contributed by atoms with Gasteiger partial charge in [0.1, 0.15) is 0 Å². The van der Waals surface area contributed by atoms with Gasteiger partial charge in [0.05, 0.1) is 17.6 Å². The SMILES string of the molecule is CCCS(=O)(=O)CC(O)CNCC(C)C. The van der Waals surface area contributed by atoms with Crippen LogP contribution >= 0.6 is 0 Å². The van der Waals surface area contributed by atoms with Crippen molar-refractivity contribution in [3.63, 3.8) is 0 Å². The van der Waals surface area contributed by atoms with E-state index < -0.39 is 15.9 Å². The van der Waals surface area contributed by atoms with Crippen LogP contribution in [0.25, 0.3) is 0 Å². The van der Waals surface area contributed by atoms with Crippen LogP contribution in [-0.2, 0) is 9.84 Å². The molecule has 1 unspecified atom stereocenters. The van der Waals surface area contributed by atoms with Crippen molar-refractivity contribution in [2.24, 2.45) is 5.92 Å². The molecular weight excluding hydrogens is 214 g/mol. The smallest absolute Gasteiger partial charge is 0.152 e. The highest BCUT2D eigenvalue weighted by molar-refractivity contribution is 7.91. The lowest BCUT2D eigenvalue weighted by atomic mass is 10.2. The standard InChI is InChI=1S/C10H23NO3S/c1-4-5-15(13,14)8-10(12)7-11-6-9(2)3/h9-12H,4-8H2,1-3H3. The van der Waals surface area contributed by atoms with Crippen LogP contribution in [-0.4, -0.2) is 44.2 Å². The highest BCUT2D eigenvalue weighted by atomic mass is 32.2. The summed E-state index contributed by atoms with van der Waals surface area (Å²) in [7, 11) is -3.07. The predicted molar refractivity (Wildman–Crippen MR) is 62.7 cm³/mol. The first-order valence-electron chi connectivity index (χ1n) is 5.46. The lowest BCUT2D eigenvalue weighted by Crippen LogP contribution is -2.34. The zero-order valence-electron chi connectivity index (χ0n) is 9.86. The molecule has 0 radical (unpaired) electrons. The first-order chi connectivity index (χ1) is 6.87. The van der Waals surface area contributed by atoms with E-state index in [4.69, 9.17) is 0 Å². The van der Waals surface area contributed by atoms with Gasteiger partial charge in [0, 0.05) is 6.54 Å². The van der Waals surface area contributed by atoms with Gasteiger partial charge in [-0.3, -0.25) is 0 Å². The molecule has 0 spiro atoms. The third-order valence-electron chi connectivity index (χ3n) is 1.89. The molecule has 0 saturated heterocycles. The molecule has 0 aromatic carbocycles. The first-order valence-corrected chi connectivity index (χ1v) is 7.28. The van der Waals surface area contributed by atoms with Crippen molar-refractivity contribution >= 4 is 9.84 Å². The summed E-state index contributed by atoms with van der Waals surface area (Å²) in [5.74, 6) is 0.532. The van der Waals surface area contributed by atoms with E-state index in [2.05, 4.69) is 19.2 Å². The van der Waals surface area contributed by atoms with E-state index in [1.54, 1.807) is 0 Å². The number of rotatable bonds is 8. The Morgan fingerprint density at radius 1 is 1.27 bits per heavy atom. The predicted octanol–water partition coefficient (Wildman–Crippen LogP) is 0.418. The van der Waals surface area contributed by atoms with Crippen molar-refractivity contribution < 1.29 is 13.5 Å². The largest absolute Gasteiger partial charge is 0.391 e. The second-order valence-electron chi connectivity index (χ2n) is 4.32. The third-order valence-corrected chi connectivity index (χ3v) is 3.82. The van der Waals surface area contributed by atoms with E-state index in [0.717, 1.165) is 6.54 Å². The van der Waals surface area contributed by atoms with E-state index in [0.29, 0.717) is 18.9 Å². The van der Waals surface area contributed by atoms with Gasteiger partial charge in [-0.15, -0.1) is 0 Å². The Bertz CT molecular complexity index is 249. The maximum Gasteiger partial charge on any atom is 0.152 e. The molecule has 0 saturated carbocycles. The lowest BCUT2D eigenvalue weighted by molar-refractivity contribution is 0.192. The van der Waals surface area contributed by atoms with Crippen molar-refractivity contribution in [2.45, 2.75) is 33.3 Å². The Labute approximate surface area is 93.0 Å². The summed E-state index contributed by atoms with van der Waals surface area (Å²) in [6.45, 7) is 7.09. The topological polar surface area (TPSA) is 66.4 Å². The highest BCUT2D eigenvalue weighted by Crippen LogP contribution is 1.97. The van der Waals surface area contributed by atoms with Crippen LogP contribution in [0.2, 0.25) is 0 Å². The molecule has 0 fully saturated rings. The van der Waals surface area contributed by atoms with E-state index in [1.807, 2.05) is 6.92 Å². The zero-order valence-corrected chi connectivity index (χ0v) is 10.7. The molecule has 0 rings (SSSR count). The van der Waals surface area contributed by atoms with Crippen LogP contribution in [0.3, 0.4) is 0 Å². The Balaban J connectivity index is 3.78. The molecule has 1 atom stereocenters. The number of aliphatic hydroxyl groups excluding tert-OH is 1. The number of hydrogen-bond acceptors (Lipinski definition) is 4. The summed E-state index contributed by atoms with van der Waals surface area (Å²) in [5.41, 5.74) is 0. The second kappa shape index (κ2) is 7.19. The number of hydrogen-bond donors (Lipinski definition) is 2. The average molecular weight is 237 g/mol. The van der Waals surface area contributed by atoms with Crippen molar-refractivity contribution in [1.82, 2.24) is 5.32 Å². The fourth-order valence-corrected chi connectivity index (χ4v) is 2.78. The Morgan fingerprint density at radius 2 is 1.87 bits per heavy atom. The van der Waals surface area contributed by atoms with Crippen LogP contribution in [0.5, 0.6) is 0 Å². The van der Waals surface area contributed by atoms with Crippen LogP contribution < -0.4 is 5.32 Å². The van der Waals surface area contributed by atoms with Gasteiger partial charge >= 0.3 is 0 Å². The lowest BCUT2D eigenvalue weighted by Gasteiger charge is -2.13. The number of nitrogens with one attached hydrogen (secondary N) is 1. The fourth-order valence-electron chi connectivity index (χ4n) is 1.29. The molecule has 4 nitrogen and oxygen atoms in total. The van der Waals surface area contributed by atoms with Crippen molar-refractivity contribution in [3.05, 3.63) is 0 Å². The molecule has 0 aromatic heterocycles. The first kappa shape index (κ1) is 14.9. The van der Waals surface area contributed by atoms with Crippen LogP contribution in [0.15, 0.2) is 0 Å². The molecule has 0 aliphatic carbocycles. The summed E-state index contributed by atoms with van der Waals surface area (Å²) in [5, 5.41) is 12.5. The van der Waals surface area contributed by atoms with Crippen LogP contribution in [0.4, 0.5) is 0 Å². The third kappa shape index (κ3) is 8.84. The maximum atomic E-state index is 11.4. The van der Waals surface area contributed by atoms with Gasteiger partial charge in [-0.2, -0.15) is 0 Å². The average Bonchev–Trinajstić information content (AvgIpc) is 2.01. The van der Waals surface area contributed by atoms with Gasteiger partial charge in [0.15, 0.2) is 9.84 Å². The van der Waals surface area contributed by atoms with Crippen LogP contribution in [0.1, 0.15) is 27.2 Å². The maximum absolute atomic E-state index is 11.4. The molecule has 15 heavy (non-hydrogen) atoms. The molecule has 92 valence electrons. The number of sulfone groups is 1. The molecule has 0 bridgehead atoms. The molecule has 0 heterocycles. The van der Waals surface area contributed by atoms with Gasteiger partial charge in [0.2, 0.25) is 0 Å². The van der Waals surface area contributed by atoms with Gasteiger partial charge in [-0.1, -0.05) is 20.8 Å². The molecule has 0 aliphatic heterocycles. The molecular formula is C10H23NO3S. The van der Waals surface area contributed by atoms with Crippen LogP contribution in [0, 0.1) is 5.92 Å². The van der Waals surface area contributed by atoms with Gasteiger partial charge in [0.25, 0.3) is 0 Å². The van der Waals surface area contributed by atoms with Crippen molar-refractivity contribution in [3.8, 4) is 0 Å². The van der Waals surface area contributed by atoms with E-state index >= 15 is 0 Å². The van der Waals surface area contributed by atoms with Gasteiger partial charge < -0.3 is 10.4 Å². The monoisotopic (exact) mass is 237 g/mol. The minimum absolute atomic E-state index is 0.133. The Morgan fingerprint density at radius 3 is 2.33 bits per heavy atom. The highest BCUT2D eigenvalue weighted by Gasteiger charge is 2.15. The summed E-state index contributed by atoms with van der Waals surface area (Å²) < 4.78 is 22.7. The molecule has 0 amide bonds. The minimum atomic E-state index is -3.07. The van der Waals surface area contributed by atoms with E-state index in [9.17, 15) is 13.5 Å². The summed E-state index contributed by atoms with van der Waals surface area (Å²) in [6.07, 6.45) is -0.186. The zero-order chi connectivity index (χ0) is 11.9. The van der Waals surface area contributed by atoms with Gasteiger partial charge in [-0.25, -0.2) is 8.42 Å². The van der Waals surface area contributed by atoms with E-state index in [-0.39, 0.29) is 11.5 Å². The molecule has 5 heteroatoms. The second-order valence-corrected chi connectivity index (χ2v) is 6.55.